The van der Waals surface area contributed by atoms with Gasteiger partial charge in [-0.25, -0.2) is 4.98 Å². The lowest BCUT2D eigenvalue weighted by Gasteiger charge is -2.06. The number of anilines is 1. The van der Waals surface area contributed by atoms with Gasteiger partial charge in [0.2, 0.25) is 0 Å². The highest BCUT2D eigenvalue weighted by Gasteiger charge is 2.14. The Morgan fingerprint density at radius 1 is 1.29 bits per heavy atom. The SMILES string of the molecule is Nc1ccc(OCCNC(=O)c2ccc([N+](=O)[O-])[nH]2)cc1. The van der Waals surface area contributed by atoms with E-state index in [2.05, 4.69) is 10.3 Å². The van der Waals surface area contributed by atoms with Crippen molar-refractivity contribution in [3.8, 4) is 5.75 Å². The molecule has 1 aromatic heterocycles. The third kappa shape index (κ3) is 3.96. The molecule has 0 saturated heterocycles. The maximum absolute atomic E-state index is 11.7. The fraction of sp³-hybridized carbons (Fsp3) is 0.154. The van der Waals surface area contributed by atoms with Crippen LogP contribution >= 0.6 is 0 Å². The first-order chi connectivity index (χ1) is 10.1. The van der Waals surface area contributed by atoms with E-state index in [1.807, 2.05) is 0 Å². The molecule has 8 heteroatoms. The average molecular weight is 290 g/mol. The van der Waals surface area contributed by atoms with Crippen LogP contribution in [0.1, 0.15) is 10.5 Å². The quantitative estimate of drug-likeness (QED) is 0.320. The van der Waals surface area contributed by atoms with Crippen molar-refractivity contribution in [2.75, 3.05) is 18.9 Å². The molecule has 0 atom stereocenters. The monoisotopic (exact) mass is 290 g/mol. The Hall–Kier alpha value is -3.03. The van der Waals surface area contributed by atoms with E-state index < -0.39 is 10.8 Å². The maximum atomic E-state index is 11.7. The molecular formula is C13H14N4O4. The molecule has 1 amide bonds. The van der Waals surface area contributed by atoms with Gasteiger partial charge in [-0.2, -0.15) is 0 Å². The molecular weight excluding hydrogens is 276 g/mol. The van der Waals surface area contributed by atoms with Crippen LogP contribution in [-0.4, -0.2) is 29.0 Å². The molecule has 0 radical (unpaired) electrons. The van der Waals surface area contributed by atoms with Crippen LogP contribution in [-0.2, 0) is 0 Å². The van der Waals surface area contributed by atoms with Crippen LogP contribution in [0.2, 0.25) is 0 Å². The minimum atomic E-state index is -0.596. The Bertz CT molecular complexity index is 636. The van der Waals surface area contributed by atoms with E-state index in [9.17, 15) is 14.9 Å². The summed E-state index contributed by atoms with van der Waals surface area (Å²) in [7, 11) is 0. The zero-order valence-corrected chi connectivity index (χ0v) is 11.0. The van der Waals surface area contributed by atoms with Crippen LogP contribution < -0.4 is 15.8 Å². The Kier molecular flexibility index (Phi) is 4.39. The molecule has 4 N–H and O–H groups in total. The van der Waals surface area contributed by atoms with Crippen molar-refractivity contribution in [2.24, 2.45) is 0 Å². The van der Waals surface area contributed by atoms with Gasteiger partial charge < -0.3 is 25.9 Å². The van der Waals surface area contributed by atoms with Crippen molar-refractivity contribution in [3.63, 3.8) is 0 Å². The smallest absolute Gasteiger partial charge is 0.321 e. The molecule has 0 aliphatic rings. The highest BCUT2D eigenvalue weighted by atomic mass is 16.6. The van der Waals surface area contributed by atoms with Gasteiger partial charge in [-0.1, -0.05) is 0 Å². The molecule has 1 aromatic carbocycles. The molecule has 21 heavy (non-hydrogen) atoms. The number of ether oxygens (including phenoxy) is 1. The van der Waals surface area contributed by atoms with E-state index in [-0.39, 0.29) is 24.7 Å². The second-order valence-electron chi connectivity index (χ2n) is 4.19. The lowest BCUT2D eigenvalue weighted by molar-refractivity contribution is -0.389. The van der Waals surface area contributed by atoms with Gasteiger partial charge >= 0.3 is 5.82 Å². The lowest BCUT2D eigenvalue weighted by atomic mass is 10.3. The van der Waals surface area contributed by atoms with E-state index in [1.54, 1.807) is 24.3 Å². The number of hydrogen-bond donors (Lipinski definition) is 3. The zero-order valence-electron chi connectivity index (χ0n) is 11.0. The Labute approximate surface area is 120 Å². The van der Waals surface area contributed by atoms with Gasteiger partial charge in [0.05, 0.1) is 6.54 Å². The van der Waals surface area contributed by atoms with E-state index >= 15 is 0 Å². The van der Waals surface area contributed by atoms with E-state index in [4.69, 9.17) is 10.5 Å². The average Bonchev–Trinajstić information content (AvgIpc) is 2.95. The molecule has 2 rings (SSSR count). The number of carbonyl (C=O) groups is 1. The number of aromatic nitrogens is 1. The predicted octanol–water partition coefficient (Wildman–Crippen LogP) is 1.31. The molecule has 0 bridgehead atoms. The molecule has 0 aliphatic heterocycles. The molecule has 0 spiro atoms. The number of nitrogens with two attached hydrogens (primary N) is 1. The van der Waals surface area contributed by atoms with Gasteiger partial charge in [0.1, 0.15) is 12.4 Å². The second kappa shape index (κ2) is 6.42. The van der Waals surface area contributed by atoms with Crippen molar-refractivity contribution < 1.29 is 14.5 Å². The lowest BCUT2D eigenvalue weighted by Crippen LogP contribution is -2.28. The molecule has 2 aromatic rings. The molecule has 110 valence electrons. The number of carbonyl (C=O) groups excluding carboxylic acids is 1. The number of hydrogen-bond acceptors (Lipinski definition) is 5. The predicted molar refractivity (Wildman–Crippen MR) is 76.1 cm³/mol. The molecule has 0 aliphatic carbocycles. The minimum Gasteiger partial charge on any atom is -0.492 e. The van der Waals surface area contributed by atoms with Crippen LogP contribution in [0.25, 0.3) is 0 Å². The standard InChI is InChI=1S/C13H14N4O4/c14-9-1-3-10(4-2-9)21-8-7-15-13(18)11-5-6-12(16-11)17(19)20/h1-6,16H,7-8,14H2,(H,15,18). The summed E-state index contributed by atoms with van der Waals surface area (Å²) in [5.74, 6) is -0.00348. The van der Waals surface area contributed by atoms with E-state index in [0.717, 1.165) is 0 Å². The van der Waals surface area contributed by atoms with Gasteiger partial charge in [-0.3, -0.25) is 4.79 Å². The Morgan fingerprint density at radius 3 is 2.62 bits per heavy atom. The summed E-state index contributed by atoms with van der Waals surface area (Å²) in [6, 6.07) is 9.48. The fourth-order valence-corrected chi connectivity index (χ4v) is 1.62. The molecule has 0 saturated carbocycles. The highest BCUT2D eigenvalue weighted by molar-refractivity contribution is 5.92. The molecule has 8 nitrogen and oxygen atoms in total. The Morgan fingerprint density at radius 2 is 2.00 bits per heavy atom. The van der Waals surface area contributed by atoms with Gasteiger partial charge in [-0.05, 0) is 35.3 Å². The van der Waals surface area contributed by atoms with Crippen LogP contribution in [0.3, 0.4) is 0 Å². The number of nitrogens with zero attached hydrogens (tertiary/aromatic N) is 1. The topological polar surface area (TPSA) is 123 Å². The number of rotatable bonds is 6. The van der Waals surface area contributed by atoms with Crippen LogP contribution in [0.5, 0.6) is 5.75 Å². The third-order valence-corrected chi connectivity index (χ3v) is 2.65. The summed E-state index contributed by atoms with van der Waals surface area (Å²) in [6.45, 7) is 0.550. The number of benzene rings is 1. The fourth-order valence-electron chi connectivity index (χ4n) is 1.62. The van der Waals surface area contributed by atoms with Crippen molar-refractivity contribution in [1.82, 2.24) is 10.3 Å². The van der Waals surface area contributed by atoms with Gasteiger partial charge in [0, 0.05) is 11.8 Å². The van der Waals surface area contributed by atoms with Gasteiger partial charge in [0.15, 0.2) is 5.69 Å². The molecule has 0 fully saturated rings. The Balaban J connectivity index is 1.76. The zero-order chi connectivity index (χ0) is 15.2. The summed E-state index contributed by atoms with van der Waals surface area (Å²) in [4.78, 5) is 24.0. The largest absolute Gasteiger partial charge is 0.492 e. The summed E-state index contributed by atoms with van der Waals surface area (Å²) in [5, 5.41) is 13.1. The molecule has 1 heterocycles. The van der Waals surface area contributed by atoms with Gasteiger partial charge in [0.25, 0.3) is 5.91 Å². The van der Waals surface area contributed by atoms with E-state index in [0.29, 0.717) is 11.4 Å². The first-order valence-electron chi connectivity index (χ1n) is 6.16. The highest BCUT2D eigenvalue weighted by Crippen LogP contribution is 2.12. The minimum absolute atomic E-state index is 0.134. The number of aromatic amines is 1. The van der Waals surface area contributed by atoms with Gasteiger partial charge in [-0.15, -0.1) is 0 Å². The van der Waals surface area contributed by atoms with Crippen LogP contribution in [0.4, 0.5) is 11.5 Å². The normalized spacial score (nSPS) is 10.1. The number of nitrogens with one attached hydrogen (secondary N) is 2. The molecule has 0 unspecified atom stereocenters. The van der Waals surface area contributed by atoms with Crippen molar-refractivity contribution in [2.45, 2.75) is 0 Å². The number of H-pyrrole nitrogens is 1. The van der Waals surface area contributed by atoms with Crippen LogP contribution in [0, 0.1) is 10.1 Å². The first kappa shape index (κ1) is 14.4. The second-order valence-corrected chi connectivity index (χ2v) is 4.19. The number of amides is 1. The van der Waals surface area contributed by atoms with Crippen molar-refractivity contribution in [1.29, 1.82) is 0 Å². The van der Waals surface area contributed by atoms with Crippen molar-refractivity contribution >= 4 is 17.4 Å². The summed E-state index contributed by atoms with van der Waals surface area (Å²) in [6.07, 6.45) is 0. The van der Waals surface area contributed by atoms with Crippen LogP contribution in [0.15, 0.2) is 36.4 Å². The number of nitrogen functional groups attached to an aromatic ring is 1. The number of nitro groups is 1. The first-order valence-corrected chi connectivity index (χ1v) is 6.16. The summed E-state index contributed by atoms with van der Waals surface area (Å²) >= 11 is 0. The maximum Gasteiger partial charge on any atom is 0.321 e. The van der Waals surface area contributed by atoms with E-state index in [1.165, 1.54) is 12.1 Å². The van der Waals surface area contributed by atoms with Crippen molar-refractivity contribution in [3.05, 3.63) is 52.2 Å². The summed E-state index contributed by atoms with van der Waals surface area (Å²) in [5.41, 5.74) is 6.32. The summed E-state index contributed by atoms with van der Waals surface area (Å²) < 4.78 is 5.40. The third-order valence-electron chi connectivity index (χ3n) is 2.65.